The van der Waals surface area contributed by atoms with Crippen LogP contribution in [0.1, 0.15) is 13.3 Å². The fourth-order valence-electron chi connectivity index (χ4n) is 1.14. The van der Waals surface area contributed by atoms with Crippen LogP contribution >= 0.6 is 11.8 Å². The number of nitrogens with two attached hydrogens (primary N) is 1. The van der Waals surface area contributed by atoms with Crippen LogP contribution in [-0.2, 0) is 0 Å². The second-order valence-electron chi connectivity index (χ2n) is 3.29. The Labute approximate surface area is 73.3 Å². The Bertz CT molecular complexity index is 102. The van der Waals surface area contributed by atoms with Crippen LogP contribution in [0.15, 0.2) is 0 Å². The van der Waals surface area contributed by atoms with E-state index in [1.54, 1.807) is 0 Å². The predicted octanol–water partition coefficient (Wildman–Crippen LogP) is 0.676. The van der Waals surface area contributed by atoms with Crippen molar-refractivity contribution in [2.75, 3.05) is 25.4 Å². The molecule has 1 saturated heterocycles. The summed E-state index contributed by atoms with van der Waals surface area (Å²) in [7, 11) is 0. The third-order valence-electron chi connectivity index (χ3n) is 2.03. The zero-order valence-corrected chi connectivity index (χ0v) is 7.99. The van der Waals surface area contributed by atoms with Crippen LogP contribution in [-0.4, -0.2) is 30.6 Å². The van der Waals surface area contributed by atoms with Gasteiger partial charge in [-0.2, -0.15) is 11.8 Å². The minimum Gasteiger partial charge on any atom is -0.330 e. The topological polar surface area (TPSA) is 38.0 Å². The molecule has 0 aliphatic carbocycles. The maximum atomic E-state index is 5.53. The van der Waals surface area contributed by atoms with E-state index in [-0.39, 0.29) is 0 Å². The molecule has 0 spiro atoms. The normalized spacial score (nSPS) is 27.3. The van der Waals surface area contributed by atoms with Crippen molar-refractivity contribution < 1.29 is 0 Å². The molecule has 0 radical (unpaired) electrons. The third kappa shape index (κ3) is 3.45. The van der Waals surface area contributed by atoms with Gasteiger partial charge in [0.25, 0.3) is 0 Å². The number of nitrogens with one attached hydrogen (secondary N) is 1. The van der Waals surface area contributed by atoms with Gasteiger partial charge in [0.2, 0.25) is 0 Å². The van der Waals surface area contributed by atoms with E-state index < -0.39 is 0 Å². The van der Waals surface area contributed by atoms with Gasteiger partial charge in [-0.15, -0.1) is 0 Å². The Morgan fingerprint density at radius 1 is 1.73 bits per heavy atom. The fourth-order valence-corrected chi connectivity index (χ4v) is 2.40. The molecule has 3 heteroatoms. The first kappa shape index (κ1) is 9.36. The van der Waals surface area contributed by atoms with Crippen molar-refractivity contribution in [3.05, 3.63) is 0 Å². The van der Waals surface area contributed by atoms with Crippen LogP contribution in [0.25, 0.3) is 0 Å². The van der Waals surface area contributed by atoms with Gasteiger partial charge in [-0.05, 0) is 31.2 Å². The summed E-state index contributed by atoms with van der Waals surface area (Å²) in [6, 6.07) is 0. The highest BCUT2D eigenvalue weighted by Gasteiger charge is 2.15. The zero-order valence-electron chi connectivity index (χ0n) is 7.18. The van der Waals surface area contributed by atoms with Crippen LogP contribution in [0.4, 0.5) is 0 Å². The maximum Gasteiger partial charge on any atom is 0.0184 e. The van der Waals surface area contributed by atoms with Gasteiger partial charge in [0.05, 0.1) is 0 Å². The Hall–Kier alpha value is 0.270. The molecule has 2 nitrogen and oxygen atoms in total. The lowest BCUT2D eigenvalue weighted by Crippen LogP contribution is -2.16. The van der Waals surface area contributed by atoms with Gasteiger partial charge in [0, 0.05) is 11.8 Å². The fraction of sp³-hybridized carbons (Fsp3) is 1.00. The summed E-state index contributed by atoms with van der Waals surface area (Å²) in [6.07, 6.45) is 1.34. The zero-order chi connectivity index (χ0) is 8.10. The first-order valence-electron chi connectivity index (χ1n) is 4.35. The van der Waals surface area contributed by atoms with Crippen LogP contribution in [0, 0.1) is 5.92 Å². The summed E-state index contributed by atoms with van der Waals surface area (Å²) in [5, 5.41) is 4.21. The first-order chi connectivity index (χ1) is 5.33. The molecule has 2 unspecified atom stereocenters. The molecular weight excluding hydrogens is 156 g/mol. The molecule has 66 valence electrons. The molecule has 1 fully saturated rings. The van der Waals surface area contributed by atoms with Crippen molar-refractivity contribution in [3.63, 3.8) is 0 Å². The Balaban J connectivity index is 2.01. The molecule has 0 aromatic rings. The third-order valence-corrected chi connectivity index (χ3v) is 3.67. The summed E-state index contributed by atoms with van der Waals surface area (Å²) < 4.78 is 0. The minimum atomic E-state index is 0.681. The van der Waals surface area contributed by atoms with Crippen molar-refractivity contribution in [2.45, 2.75) is 18.6 Å². The molecule has 0 saturated carbocycles. The monoisotopic (exact) mass is 174 g/mol. The van der Waals surface area contributed by atoms with E-state index in [2.05, 4.69) is 24.0 Å². The lowest BCUT2D eigenvalue weighted by atomic mass is 10.2. The van der Waals surface area contributed by atoms with Crippen LogP contribution in [0.2, 0.25) is 0 Å². The maximum absolute atomic E-state index is 5.53. The standard InChI is InChI=1S/C8H18N2S/c1-7(4-9)6-11-8-2-3-10-5-8/h7-8,10H,2-6,9H2,1H3. The van der Waals surface area contributed by atoms with E-state index >= 15 is 0 Å². The van der Waals surface area contributed by atoms with Gasteiger partial charge >= 0.3 is 0 Å². The van der Waals surface area contributed by atoms with Gasteiger partial charge in [0.1, 0.15) is 0 Å². The molecule has 0 amide bonds. The smallest absolute Gasteiger partial charge is 0.0184 e. The van der Waals surface area contributed by atoms with E-state index in [1.807, 2.05) is 0 Å². The molecule has 1 rings (SSSR count). The Morgan fingerprint density at radius 2 is 2.55 bits per heavy atom. The van der Waals surface area contributed by atoms with E-state index in [0.29, 0.717) is 5.92 Å². The van der Waals surface area contributed by atoms with Crippen molar-refractivity contribution in [1.82, 2.24) is 5.32 Å². The average Bonchev–Trinajstić information content (AvgIpc) is 2.52. The molecule has 2 atom stereocenters. The van der Waals surface area contributed by atoms with Gasteiger partial charge < -0.3 is 11.1 Å². The highest BCUT2D eigenvalue weighted by atomic mass is 32.2. The molecule has 1 aliphatic heterocycles. The van der Waals surface area contributed by atoms with Gasteiger partial charge in [-0.25, -0.2) is 0 Å². The largest absolute Gasteiger partial charge is 0.330 e. The highest BCUT2D eigenvalue weighted by Crippen LogP contribution is 2.19. The minimum absolute atomic E-state index is 0.681. The summed E-state index contributed by atoms with van der Waals surface area (Å²) >= 11 is 2.07. The molecular formula is C8H18N2S. The lowest BCUT2D eigenvalue weighted by molar-refractivity contribution is 0.673. The van der Waals surface area contributed by atoms with Gasteiger partial charge in [-0.3, -0.25) is 0 Å². The molecule has 11 heavy (non-hydrogen) atoms. The number of rotatable bonds is 4. The summed E-state index contributed by atoms with van der Waals surface area (Å²) in [6.45, 7) is 5.44. The van der Waals surface area contributed by atoms with Gasteiger partial charge in [0.15, 0.2) is 0 Å². The highest BCUT2D eigenvalue weighted by molar-refractivity contribution is 7.99. The van der Waals surface area contributed by atoms with Crippen molar-refractivity contribution >= 4 is 11.8 Å². The van der Waals surface area contributed by atoms with Crippen molar-refractivity contribution in [3.8, 4) is 0 Å². The molecule has 0 aromatic carbocycles. The van der Waals surface area contributed by atoms with Gasteiger partial charge in [-0.1, -0.05) is 6.92 Å². The molecule has 0 aromatic heterocycles. The Kier molecular flexibility index (Phi) is 4.26. The molecule has 0 bridgehead atoms. The number of hydrogen-bond donors (Lipinski definition) is 2. The molecule has 1 aliphatic rings. The van der Waals surface area contributed by atoms with E-state index in [0.717, 1.165) is 11.8 Å². The van der Waals surface area contributed by atoms with Crippen LogP contribution in [0.3, 0.4) is 0 Å². The molecule has 3 N–H and O–H groups in total. The Morgan fingerprint density at radius 3 is 3.09 bits per heavy atom. The van der Waals surface area contributed by atoms with Crippen molar-refractivity contribution in [1.29, 1.82) is 0 Å². The quantitative estimate of drug-likeness (QED) is 0.658. The van der Waals surface area contributed by atoms with E-state index in [4.69, 9.17) is 5.73 Å². The average molecular weight is 174 g/mol. The van der Waals surface area contributed by atoms with Crippen molar-refractivity contribution in [2.24, 2.45) is 11.7 Å². The lowest BCUT2D eigenvalue weighted by Gasteiger charge is -2.11. The summed E-state index contributed by atoms with van der Waals surface area (Å²) in [4.78, 5) is 0. The number of hydrogen-bond acceptors (Lipinski definition) is 3. The first-order valence-corrected chi connectivity index (χ1v) is 5.40. The molecule has 1 heterocycles. The second-order valence-corrected chi connectivity index (χ2v) is 4.62. The summed E-state index contributed by atoms with van der Waals surface area (Å²) in [5.74, 6) is 1.91. The van der Waals surface area contributed by atoms with Crippen LogP contribution < -0.4 is 11.1 Å². The predicted molar refractivity (Wildman–Crippen MR) is 52.0 cm³/mol. The SMILES string of the molecule is CC(CN)CSC1CCNC1. The van der Waals surface area contributed by atoms with E-state index in [9.17, 15) is 0 Å². The second kappa shape index (κ2) is 5.01. The summed E-state index contributed by atoms with van der Waals surface area (Å²) in [5.41, 5.74) is 5.53. The van der Waals surface area contributed by atoms with Crippen LogP contribution in [0.5, 0.6) is 0 Å². The van der Waals surface area contributed by atoms with E-state index in [1.165, 1.54) is 25.3 Å². The number of thioether (sulfide) groups is 1.